The molecule has 110 valence electrons. The monoisotopic (exact) mass is 368 g/mol. The van der Waals surface area contributed by atoms with Crippen molar-refractivity contribution in [2.75, 3.05) is 12.5 Å². The number of hydrogen-bond donors (Lipinski definition) is 2. The molecule has 0 aliphatic heterocycles. The van der Waals surface area contributed by atoms with Gasteiger partial charge >= 0.3 is 0 Å². The molecule has 0 aromatic heterocycles. The number of phenolic OH excluding ortho intramolecular Hbond substituents is 1. The van der Waals surface area contributed by atoms with Crippen molar-refractivity contribution < 1.29 is 9.84 Å². The fourth-order valence-electron chi connectivity index (χ4n) is 1.69. The molecule has 0 saturated heterocycles. The molecule has 0 atom stereocenters. The number of halogens is 2. The van der Waals surface area contributed by atoms with Crippen molar-refractivity contribution in [2.45, 2.75) is 6.92 Å². The molecule has 2 N–H and O–H groups in total. The Morgan fingerprint density at radius 3 is 2.76 bits per heavy atom. The lowest BCUT2D eigenvalue weighted by Crippen LogP contribution is -1.93. The number of aromatic hydroxyl groups is 1. The molecule has 2 aromatic carbocycles. The number of nitrogens with one attached hydrogen (secondary N) is 1. The Labute approximate surface area is 136 Å². The van der Waals surface area contributed by atoms with E-state index in [1.54, 1.807) is 18.2 Å². The lowest BCUT2D eigenvalue weighted by atomic mass is 10.2. The number of benzene rings is 2. The molecule has 0 bridgehead atoms. The van der Waals surface area contributed by atoms with E-state index in [0.29, 0.717) is 16.3 Å². The molecule has 0 amide bonds. The number of hydrazone groups is 1. The lowest BCUT2D eigenvalue weighted by molar-refractivity contribution is 0.373. The molecule has 6 heteroatoms. The van der Waals surface area contributed by atoms with Crippen molar-refractivity contribution >= 4 is 39.4 Å². The van der Waals surface area contributed by atoms with Crippen molar-refractivity contribution in [3.8, 4) is 11.5 Å². The van der Waals surface area contributed by atoms with E-state index in [0.717, 1.165) is 15.7 Å². The Morgan fingerprint density at radius 2 is 2.10 bits per heavy atom. The Morgan fingerprint density at radius 1 is 1.33 bits per heavy atom. The second-order valence-electron chi connectivity index (χ2n) is 4.38. The third kappa shape index (κ3) is 3.89. The summed E-state index contributed by atoms with van der Waals surface area (Å²) in [6.45, 7) is 1.93. The van der Waals surface area contributed by atoms with Gasteiger partial charge in [-0.25, -0.2) is 0 Å². The van der Waals surface area contributed by atoms with Gasteiger partial charge in [-0.05, 0) is 36.8 Å². The molecule has 0 aliphatic carbocycles. The summed E-state index contributed by atoms with van der Waals surface area (Å²) in [6, 6.07) is 8.99. The number of rotatable bonds is 4. The van der Waals surface area contributed by atoms with Gasteiger partial charge < -0.3 is 9.84 Å². The van der Waals surface area contributed by atoms with Crippen molar-refractivity contribution in [3.63, 3.8) is 0 Å². The second-order valence-corrected chi connectivity index (χ2v) is 5.70. The van der Waals surface area contributed by atoms with Crippen LogP contribution in [0.15, 0.2) is 39.9 Å². The number of anilines is 1. The molecular weight excluding hydrogens is 356 g/mol. The second kappa shape index (κ2) is 6.83. The summed E-state index contributed by atoms with van der Waals surface area (Å²) >= 11 is 9.39. The van der Waals surface area contributed by atoms with Crippen LogP contribution in [-0.2, 0) is 0 Å². The van der Waals surface area contributed by atoms with E-state index in [1.165, 1.54) is 13.3 Å². The average Bonchev–Trinajstić information content (AvgIpc) is 2.46. The number of aryl methyl sites for hydroxylation is 1. The zero-order chi connectivity index (χ0) is 15.4. The van der Waals surface area contributed by atoms with Crippen LogP contribution in [0.1, 0.15) is 11.1 Å². The van der Waals surface area contributed by atoms with Gasteiger partial charge in [-0.15, -0.1) is 0 Å². The van der Waals surface area contributed by atoms with Crippen LogP contribution in [0.5, 0.6) is 11.5 Å². The van der Waals surface area contributed by atoms with Crippen molar-refractivity contribution in [2.24, 2.45) is 5.10 Å². The minimum Gasteiger partial charge on any atom is -0.504 e. The molecule has 4 nitrogen and oxygen atoms in total. The number of phenols is 1. The number of hydrogen-bond acceptors (Lipinski definition) is 4. The van der Waals surface area contributed by atoms with Crippen LogP contribution in [-0.4, -0.2) is 18.4 Å². The molecule has 0 aliphatic rings. The molecule has 0 spiro atoms. The van der Waals surface area contributed by atoms with E-state index < -0.39 is 0 Å². The zero-order valence-electron chi connectivity index (χ0n) is 11.5. The summed E-state index contributed by atoms with van der Waals surface area (Å²) in [5.74, 6) is 0.414. The smallest absolute Gasteiger partial charge is 0.166 e. The molecule has 0 fully saturated rings. The van der Waals surface area contributed by atoms with Crippen LogP contribution >= 0.6 is 27.5 Å². The normalized spacial score (nSPS) is 10.9. The van der Waals surface area contributed by atoms with Crippen LogP contribution in [0.2, 0.25) is 5.02 Å². The summed E-state index contributed by atoms with van der Waals surface area (Å²) in [6.07, 6.45) is 1.51. The highest BCUT2D eigenvalue weighted by molar-refractivity contribution is 9.10. The minimum atomic E-state index is 0.0354. The third-order valence-electron chi connectivity index (χ3n) is 2.86. The number of ether oxygens (including phenoxy) is 1. The van der Waals surface area contributed by atoms with E-state index >= 15 is 0 Å². The van der Waals surface area contributed by atoms with Crippen LogP contribution in [0.3, 0.4) is 0 Å². The van der Waals surface area contributed by atoms with Crippen LogP contribution in [0.25, 0.3) is 0 Å². The standard InChI is InChI=1S/C15H14BrClN2O2/c1-9-3-4-12(7-13(9)17)19-18-8-10-5-11(16)6-14(21-2)15(10)20/h3-8,19-20H,1-2H3/b18-8+. The summed E-state index contributed by atoms with van der Waals surface area (Å²) in [4.78, 5) is 0. The van der Waals surface area contributed by atoms with Gasteiger partial charge in [-0.1, -0.05) is 33.6 Å². The van der Waals surface area contributed by atoms with Crippen molar-refractivity contribution in [3.05, 3.63) is 51.0 Å². The molecule has 2 aromatic rings. The SMILES string of the molecule is COc1cc(Br)cc(/C=N/Nc2ccc(C)c(Cl)c2)c1O. The Bertz CT molecular complexity index is 690. The van der Waals surface area contributed by atoms with Gasteiger partial charge in [-0.3, -0.25) is 5.43 Å². The molecular formula is C15H14BrClN2O2. The van der Waals surface area contributed by atoms with Gasteiger partial charge in [0.25, 0.3) is 0 Å². The van der Waals surface area contributed by atoms with Crippen LogP contribution in [0.4, 0.5) is 5.69 Å². The summed E-state index contributed by atoms with van der Waals surface area (Å²) < 4.78 is 5.87. The largest absolute Gasteiger partial charge is 0.504 e. The van der Waals surface area contributed by atoms with Gasteiger partial charge in [0, 0.05) is 15.1 Å². The molecule has 0 saturated carbocycles. The fraction of sp³-hybridized carbons (Fsp3) is 0.133. The molecule has 0 unspecified atom stereocenters. The van der Waals surface area contributed by atoms with E-state index in [-0.39, 0.29) is 5.75 Å². The Kier molecular flexibility index (Phi) is 5.09. The quantitative estimate of drug-likeness (QED) is 0.613. The number of nitrogens with zero attached hydrogens (tertiary/aromatic N) is 1. The van der Waals surface area contributed by atoms with E-state index in [1.807, 2.05) is 19.1 Å². The van der Waals surface area contributed by atoms with Gasteiger partial charge in [0.05, 0.1) is 19.0 Å². The topological polar surface area (TPSA) is 53.8 Å². The van der Waals surface area contributed by atoms with Gasteiger partial charge in [-0.2, -0.15) is 5.10 Å². The fourth-order valence-corrected chi connectivity index (χ4v) is 2.32. The maximum absolute atomic E-state index is 10.0. The Balaban J connectivity index is 2.18. The summed E-state index contributed by atoms with van der Waals surface area (Å²) in [5, 5.41) is 14.8. The molecule has 21 heavy (non-hydrogen) atoms. The molecule has 0 heterocycles. The van der Waals surface area contributed by atoms with Gasteiger partial charge in [0.2, 0.25) is 0 Å². The first-order valence-corrected chi connectivity index (χ1v) is 7.30. The Hall–Kier alpha value is -1.72. The lowest BCUT2D eigenvalue weighted by Gasteiger charge is -2.07. The van der Waals surface area contributed by atoms with Gasteiger partial charge in [0.1, 0.15) is 0 Å². The summed E-state index contributed by atoms with van der Waals surface area (Å²) in [7, 11) is 1.50. The first-order valence-electron chi connectivity index (χ1n) is 6.13. The van der Waals surface area contributed by atoms with Crippen molar-refractivity contribution in [1.29, 1.82) is 0 Å². The predicted octanol–water partition coefficient (Wildman–Crippen LogP) is 4.57. The maximum Gasteiger partial charge on any atom is 0.166 e. The highest BCUT2D eigenvalue weighted by Crippen LogP contribution is 2.32. The highest BCUT2D eigenvalue weighted by atomic mass is 79.9. The predicted molar refractivity (Wildman–Crippen MR) is 89.8 cm³/mol. The van der Waals surface area contributed by atoms with E-state index in [9.17, 15) is 5.11 Å². The van der Waals surface area contributed by atoms with Crippen molar-refractivity contribution in [1.82, 2.24) is 0 Å². The minimum absolute atomic E-state index is 0.0354. The van der Waals surface area contributed by atoms with Crippen LogP contribution < -0.4 is 10.2 Å². The third-order valence-corrected chi connectivity index (χ3v) is 3.72. The van der Waals surface area contributed by atoms with Gasteiger partial charge in [0.15, 0.2) is 11.5 Å². The maximum atomic E-state index is 10.0. The highest BCUT2D eigenvalue weighted by Gasteiger charge is 2.08. The van der Waals surface area contributed by atoms with E-state index in [2.05, 4.69) is 26.5 Å². The average molecular weight is 370 g/mol. The first-order chi connectivity index (χ1) is 10.0. The zero-order valence-corrected chi connectivity index (χ0v) is 13.9. The summed E-state index contributed by atoms with van der Waals surface area (Å²) in [5.41, 5.74) is 5.16. The van der Waals surface area contributed by atoms with Crippen LogP contribution in [0, 0.1) is 6.92 Å². The number of methoxy groups -OCH3 is 1. The first kappa shape index (κ1) is 15.7. The molecule has 0 radical (unpaired) electrons. The molecule has 2 rings (SSSR count). The van der Waals surface area contributed by atoms with E-state index in [4.69, 9.17) is 16.3 Å².